The number of hydrogen-bond acceptors (Lipinski definition) is 6. The van der Waals surface area contributed by atoms with Crippen molar-refractivity contribution in [1.82, 2.24) is 0 Å². The quantitative estimate of drug-likeness (QED) is 0.485. The van der Waals surface area contributed by atoms with Gasteiger partial charge in [0.1, 0.15) is 11.3 Å². The van der Waals surface area contributed by atoms with E-state index < -0.39 is 11.4 Å². The molecule has 4 aromatic rings. The van der Waals surface area contributed by atoms with Gasteiger partial charge >= 0.3 is 5.97 Å². The number of benzene rings is 2. The van der Waals surface area contributed by atoms with Crippen molar-refractivity contribution in [2.24, 2.45) is 0 Å². The van der Waals surface area contributed by atoms with Crippen LogP contribution in [-0.4, -0.2) is 13.1 Å². The minimum Gasteiger partial charge on any atom is -0.497 e. The summed E-state index contributed by atoms with van der Waals surface area (Å²) in [6.07, 6.45) is 1.35. The molecule has 140 valence electrons. The molecule has 0 saturated carbocycles. The molecular formula is C22H16O6. The van der Waals surface area contributed by atoms with Crippen molar-refractivity contribution >= 4 is 16.9 Å². The summed E-state index contributed by atoms with van der Waals surface area (Å²) in [7, 11) is 1.56. The van der Waals surface area contributed by atoms with Crippen molar-refractivity contribution in [3.63, 3.8) is 0 Å². The molecule has 0 bridgehead atoms. The highest BCUT2D eigenvalue weighted by atomic mass is 16.6. The average Bonchev–Trinajstić information content (AvgIpc) is 3.25. The first kappa shape index (κ1) is 17.6. The Balaban J connectivity index is 1.91. The Kier molecular flexibility index (Phi) is 4.45. The lowest BCUT2D eigenvalue weighted by Gasteiger charge is -2.11. The van der Waals surface area contributed by atoms with Gasteiger partial charge in [0.2, 0.25) is 16.9 Å². The van der Waals surface area contributed by atoms with Crippen LogP contribution in [0.4, 0.5) is 0 Å². The van der Waals surface area contributed by atoms with E-state index in [2.05, 4.69) is 0 Å². The molecule has 28 heavy (non-hydrogen) atoms. The van der Waals surface area contributed by atoms with E-state index in [9.17, 15) is 9.59 Å². The Hall–Kier alpha value is -3.80. The van der Waals surface area contributed by atoms with E-state index in [0.29, 0.717) is 22.3 Å². The van der Waals surface area contributed by atoms with Gasteiger partial charge in [-0.2, -0.15) is 0 Å². The van der Waals surface area contributed by atoms with Crippen LogP contribution in [0.25, 0.3) is 22.3 Å². The van der Waals surface area contributed by atoms with Crippen molar-refractivity contribution < 1.29 is 23.1 Å². The van der Waals surface area contributed by atoms with Crippen LogP contribution in [0, 0.1) is 6.92 Å². The number of rotatable bonds is 4. The van der Waals surface area contributed by atoms with Gasteiger partial charge in [0.05, 0.1) is 18.8 Å². The van der Waals surface area contributed by atoms with E-state index >= 15 is 0 Å². The molecule has 0 spiro atoms. The third-order valence-electron chi connectivity index (χ3n) is 4.27. The maximum absolute atomic E-state index is 13.1. The molecule has 0 atom stereocenters. The molecule has 0 unspecified atom stereocenters. The van der Waals surface area contributed by atoms with Gasteiger partial charge in [0.15, 0.2) is 5.76 Å². The molecule has 0 saturated heterocycles. The summed E-state index contributed by atoms with van der Waals surface area (Å²) >= 11 is 0. The number of fused-ring (bicyclic) bond motifs is 1. The molecule has 0 fully saturated rings. The normalized spacial score (nSPS) is 10.8. The van der Waals surface area contributed by atoms with Gasteiger partial charge in [-0.3, -0.25) is 4.79 Å². The maximum Gasteiger partial charge on any atom is 0.379 e. The molecule has 0 aliphatic heterocycles. The van der Waals surface area contributed by atoms with Gasteiger partial charge in [0.25, 0.3) is 0 Å². The van der Waals surface area contributed by atoms with Crippen LogP contribution in [0.2, 0.25) is 0 Å². The molecule has 6 heteroatoms. The summed E-state index contributed by atoms with van der Waals surface area (Å²) in [6.45, 7) is 1.87. The van der Waals surface area contributed by atoms with Gasteiger partial charge in [-0.1, -0.05) is 11.6 Å². The molecular weight excluding hydrogens is 360 g/mol. The zero-order valence-electron chi connectivity index (χ0n) is 15.2. The van der Waals surface area contributed by atoms with E-state index in [0.717, 1.165) is 5.56 Å². The zero-order chi connectivity index (χ0) is 19.7. The van der Waals surface area contributed by atoms with Crippen LogP contribution in [0.15, 0.2) is 74.5 Å². The van der Waals surface area contributed by atoms with Gasteiger partial charge in [-0.05, 0) is 55.5 Å². The summed E-state index contributed by atoms with van der Waals surface area (Å²) in [5.74, 6) is -0.172. The molecule has 6 nitrogen and oxygen atoms in total. The van der Waals surface area contributed by atoms with Crippen molar-refractivity contribution in [3.05, 3.63) is 82.4 Å². The molecule has 0 aliphatic rings. The van der Waals surface area contributed by atoms with Crippen LogP contribution in [0.5, 0.6) is 11.5 Å². The number of ether oxygens (including phenoxy) is 2. The predicted molar refractivity (Wildman–Crippen MR) is 103 cm³/mol. The summed E-state index contributed by atoms with van der Waals surface area (Å²) in [5.41, 5.74) is 1.43. The van der Waals surface area contributed by atoms with E-state index in [1.165, 1.54) is 12.3 Å². The van der Waals surface area contributed by atoms with Gasteiger partial charge in [-0.25, -0.2) is 4.79 Å². The third-order valence-corrected chi connectivity index (χ3v) is 4.27. The highest BCUT2D eigenvalue weighted by Gasteiger charge is 2.22. The lowest BCUT2D eigenvalue weighted by atomic mass is 10.1. The second-order valence-electron chi connectivity index (χ2n) is 6.18. The fourth-order valence-corrected chi connectivity index (χ4v) is 2.85. The van der Waals surface area contributed by atoms with E-state index in [1.807, 2.05) is 13.0 Å². The van der Waals surface area contributed by atoms with Crippen molar-refractivity contribution in [2.75, 3.05) is 7.11 Å². The van der Waals surface area contributed by atoms with Crippen LogP contribution in [-0.2, 0) is 0 Å². The summed E-state index contributed by atoms with van der Waals surface area (Å²) in [6, 6.07) is 15.2. The largest absolute Gasteiger partial charge is 0.497 e. The van der Waals surface area contributed by atoms with E-state index in [-0.39, 0.29) is 17.3 Å². The lowest BCUT2D eigenvalue weighted by molar-refractivity contribution is 0.0698. The summed E-state index contributed by atoms with van der Waals surface area (Å²) < 4.78 is 21.6. The van der Waals surface area contributed by atoms with Gasteiger partial charge < -0.3 is 18.3 Å². The maximum atomic E-state index is 13.1. The van der Waals surface area contributed by atoms with Crippen LogP contribution in [0.3, 0.4) is 0 Å². The first-order chi connectivity index (χ1) is 13.6. The number of esters is 1. The Bertz CT molecular complexity index is 1200. The monoisotopic (exact) mass is 376 g/mol. The molecule has 4 rings (SSSR count). The molecule has 2 aromatic heterocycles. The van der Waals surface area contributed by atoms with Crippen LogP contribution < -0.4 is 14.9 Å². The highest BCUT2D eigenvalue weighted by molar-refractivity contribution is 5.90. The zero-order valence-corrected chi connectivity index (χ0v) is 15.2. The van der Waals surface area contributed by atoms with Crippen LogP contribution >= 0.6 is 0 Å². The van der Waals surface area contributed by atoms with Gasteiger partial charge in [-0.15, -0.1) is 0 Å². The Morgan fingerprint density at radius 2 is 1.82 bits per heavy atom. The fraction of sp³-hybridized carbons (Fsp3) is 0.0909. The first-order valence-corrected chi connectivity index (χ1v) is 8.54. The second-order valence-corrected chi connectivity index (χ2v) is 6.18. The predicted octanol–water partition coefficient (Wildman–Crippen LogP) is 4.59. The van der Waals surface area contributed by atoms with E-state index in [1.54, 1.807) is 49.6 Å². The number of carbonyl (C=O) groups is 1. The highest BCUT2D eigenvalue weighted by Crippen LogP contribution is 2.32. The number of methoxy groups -OCH3 is 1. The smallest absolute Gasteiger partial charge is 0.379 e. The minimum absolute atomic E-state index is 0.00980. The summed E-state index contributed by atoms with van der Waals surface area (Å²) in [5, 5.41) is 0.333. The van der Waals surface area contributed by atoms with Crippen LogP contribution in [0.1, 0.15) is 16.1 Å². The number of furan rings is 1. The fourth-order valence-electron chi connectivity index (χ4n) is 2.85. The minimum atomic E-state index is -0.779. The molecule has 2 aromatic carbocycles. The number of aryl methyl sites for hydroxylation is 1. The summed E-state index contributed by atoms with van der Waals surface area (Å²) in [4.78, 5) is 25.5. The van der Waals surface area contributed by atoms with Crippen molar-refractivity contribution in [3.8, 4) is 22.8 Å². The lowest BCUT2D eigenvalue weighted by Crippen LogP contribution is -2.16. The Morgan fingerprint density at radius 1 is 1.04 bits per heavy atom. The Morgan fingerprint density at radius 3 is 2.50 bits per heavy atom. The SMILES string of the molecule is COc1ccc(-c2oc3ccc(C)cc3c(=O)c2OC(=O)c2ccco2)cc1. The second kappa shape index (κ2) is 7.08. The standard InChI is InChI=1S/C22H16O6/c1-13-5-10-17-16(12-13)19(23)21(28-22(24)18-4-3-11-26-18)20(27-17)14-6-8-15(25-2)9-7-14/h3-12H,1-2H3. The van der Waals surface area contributed by atoms with Crippen molar-refractivity contribution in [1.29, 1.82) is 0 Å². The van der Waals surface area contributed by atoms with Crippen molar-refractivity contribution in [2.45, 2.75) is 6.92 Å². The third kappa shape index (κ3) is 3.16. The first-order valence-electron chi connectivity index (χ1n) is 8.54. The van der Waals surface area contributed by atoms with Gasteiger partial charge in [0, 0.05) is 5.56 Å². The molecule has 0 radical (unpaired) electrons. The molecule has 0 amide bonds. The topological polar surface area (TPSA) is 78.9 Å². The Labute approximate surface area is 159 Å². The molecule has 2 heterocycles. The molecule has 0 N–H and O–H groups in total. The van der Waals surface area contributed by atoms with E-state index in [4.69, 9.17) is 18.3 Å². The molecule has 0 aliphatic carbocycles. The number of hydrogen-bond donors (Lipinski definition) is 0. The number of carbonyl (C=O) groups excluding carboxylic acids is 1. The average molecular weight is 376 g/mol.